The SMILES string of the molecule is CSC1(CNc2ccc(N)cc2S(N)(=O)=O)CC1. The molecular formula is C11H17N3O2S2. The molecule has 0 aromatic heterocycles. The average Bonchev–Trinajstić information content (AvgIpc) is 3.07. The van der Waals surface area contributed by atoms with Crippen molar-refractivity contribution in [3.05, 3.63) is 18.2 Å². The van der Waals surface area contributed by atoms with Gasteiger partial charge in [0, 0.05) is 17.0 Å². The van der Waals surface area contributed by atoms with Crippen LogP contribution < -0.4 is 16.2 Å². The second kappa shape index (κ2) is 4.64. The van der Waals surface area contributed by atoms with Crippen LogP contribution >= 0.6 is 11.8 Å². The maximum absolute atomic E-state index is 11.5. The Labute approximate surface area is 111 Å². The summed E-state index contributed by atoms with van der Waals surface area (Å²) in [5, 5.41) is 8.35. The van der Waals surface area contributed by atoms with E-state index in [1.165, 1.54) is 6.07 Å². The van der Waals surface area contributed by atoms with Gasteiger partial charge < -0.3 is 11.1 Å². The van der Waals surface area contributed by atoms with E-state index in [0.29, 0.717) is 11.4 Å². The molecule has 1 aromatic rings. The van der Waals surface area contributed by atoms with Gasteiger partial charge in [0.05, 0.1) is 5.69 Å². The molecule has 1 aliphatic carbocycles. The molecule has 0 amide bonds. The lowest BCUT2D eigenvalue weighted by Gasteiger charge is -2.16. The smallest absolute Gasteiger partial charge is 0.240 e. The minimum absolute atomic E-state index is 0.0550. The molecule has 0 spiro atoms. The van der Waals surface area contributed by atoms with Gasteiger partial charge in [-0.3, -0.25) is 0 Å². The van der Waals surface area contributed by atoms with Gasteiger partial charge in [0.2, 0.25) is 10.0 Å². The number of nitrogen functional groups attached to an aromatic ring is 1. The third kappa shape index (κ3) is 2.90. The van der Waals surface area contributed by atoms with Gasteiger partial charge in [-0.2, -0.15) is 11.8 Å². The van der Waals surface area contributed by atoms with Crippen molar-refractivity contribution in [3.63, 3.8) is 0 Å². The Kier molecular flexibility index (Phi) is 3.48. The minimum Gasteiger partial charge on any atom is -0.399 e. The van der Waals surface area contributed by atoms with Crippen molar-refractivity contribution in [3.8, 4) is 0 Å². The lowest BCUT2D eigenvalue weighted by Crippen LogP contribution is -2.21. The molecule has 0 unspecified atom stereocenters. The highest BCUT2D eigenvalue weighted by Gasteiger charge is 2.41. The van der Waals surface area contributed by atoms with Crippen LogP contribution in [0, 0.1) is 0 Å². The van der Waals surface area contributed by atoms with Gasteiger partial charge in [0.25, 0.3) is 0 Å². The molecule has 0 radical (unpaired) electrons. The van der Waals surface area contributed by atoms with E-state index in [1.54, 1.807) is 23.9 Å². The summed E-state index contributed by atoms with van der Waals surface area (Å²) in [6.45, 7) is 0.737. The maximum Gasteiger partial charge on any atom is 0.240 e. The summed E-state index contributed by atoms with van der Waals surface area (Å²) in [6, 6.07) is 4.71. The minimum atomic E-state index is -3.76. The number of nitrogens with one attached hydrogen (secondary N) is 1. The van der Waals surface area contributed by atoms with E-state index in [-0.39, 0.29) is 9.64 Å². The molecule has 1 aromatic carbocycles. The lowest BCUT2D eigenvalue weighted by atomic mass is 10.2. The molecule has 5 N–H and O–H groups in total. The summed E-state index contributed by atoms with van der Waals surface area (Å²) < 4.78 is 23.2. The maximum atomic E-state index is 11.5. The number of hydrogen-bond acceptors (Lipinski definition) is 5. The number of nitrogens with two attached hydrogens (primary N) is 2. The van der Waals surface area contributed by atoms with Crippen LogP contribution in [0.2, 0.25) is 0 Å². The number of sulfonamides is 1. The number of anilines is 2. The van der Waals surface area contributed by atoms with Gasteiger partial charge in [0.1, 0.15) is 4.90 Å². The first-order valence-corrected chi connectivity index (χ1v) is 8.35. The Morgan fingerprint density at radius 2 is 2.11 bits per heavy atom. The van der Waals surface area contributed by atoms with Crippen molar-refractivity contribution >= 4 is 33.2 Å². The summed E-state index contributed by atoms with van der Waals surface area (Å²) in [5.41, 5.74) is 6.50. The molecule has 0 saturated heterocycles. The molecule has 0 atom stereocenters. The van der Waals surface area contributed by atoms with Crippen LogP contribution in [-0.4, -0.2) is 26.0 Å². The Morgan fingerprint density at radius 1 is 1.44 bits per heavy atom. The van der Waals surface area contributed by atoms with Crippen LogP contribution in [0.25, 0.3) is 0 Å². The van der Waals surface area contributed by atoms with Gasteiger partial charge in [-0.1, -0.05) is 0 Å². The number of benzene rings is 1. The van der Waals surface area contributed by atoms with Gasteiger partial charge in [-0.15, -0.1) is 0 Å². The van der Waals surface area contributed by atoms with Crippen molar-refractivity contribution in [2.45, 2.75) is 22.5 Å². The van der Waals surface area contributed by atoms with Crippen LogP contribution in [0.3, 0.4) is 0 Å². The zero-order valence-electron chi connectivity index (χ0n) is 10.1. The fraction of sp³-hybridized carbons (Fsp3) is 0.455. The number of hydrogen-bond donors (Lipinski definition) is 3. The van der Waals surface area contributed by atoms with Gasteiger partial charge in [0.15, 0.2) is 0 Å². The molecule has 0 aliphatic heterocycles. The molecule has 2 rings (SSSR count). The second-order valence-corrected chi connectivity index (χ2v) is 7.35. The van der Waals surface area contributed by atoms with Gasteiger partial charge in [-0.05, 0) is 37.3 Å². The van der Waals surface area contributed by atoms with Crippen molar-refractivity contribution in [2.75, 3.05) is 23.9 Å². The number of thioether (sulfide) groups is 1. The Morgan fingerprint density at radius 3 is 2.61 bits per heavy atom. The Balaban J connectivity index is 2.22. The molecule has 0 bridgehead atoms. The molecule has 7 heteroatoms. The first kappa shape index (κ1) is 13.5. The Bertz CT molecular complexity index is 553. The molecule has 18 heavy (non-hydrogen) atoms. The molecule has 1 fully saturated rings. The van der Waals surface area contributed by atoms with E-state index in [4.69, 9.17) is 10.9 Å². The fourth-order valence-electron chi connectivity index (χ4n) is 1.77. The summed E-state index contributed by atoms with van der Waals surface area (Å²) in [4.78, 5) is 0.0550. The van der Waals surface area contributed by atoms with E-state index >= 15 is 0 Å². The molecule has 5 nitrogen and oxygen atoms in total. The molecule has 0 heterocycles. The largest absolute Gasteiger partial charge is 0.399 e. The summed E-state index contributed by atoms with van der Waals surface area (Å²) in [6.07, 6.45) is 4.37. The lowest BCUT2D eigenvalue weighted by molar-refractivity contribution is 0.598. The normalized spacial score (nSPS) is 17.4. The first-order valence-electron chi connectivity index (χ1n) is 5.58. The molecule has 1 aliphatic rings. The molecule has 100 valence electrons. The van der Waals surface area contributed by atoms with E-state index < -0.39 is 10.0 Å². The zero-order chi connectivity index (χ0) is 13.4. The highest BCUT2D eigenvalue weighted by Crippen LogP contribution is 2.47. The molecular weight excluding hydrogens is 270 g/mol. The predicted octanol–water partition coefficient (Wildman–Crippen LogP) is 1.22. The van der Waals surface area contributed by atoms with Crippen molar-refractivity contribution in [1.29, 1.82) is 0 Å². The van der Waals surface area contributed by atoms with Crippen molar-refractivity contribution in [1.82, 2.24) is 0 Å². The quantitative estimate of drug-likeness (QED) is 0.707. The second-order valence-electron chi connectivity index (χ2n) is 4.54. The average molecular weight is 287 g/mol. The van der Waals surface area contributed by atoms with Crippen LogP contribution in [0.4, 0.5) is 11.4 Å². The van der Waals surface area contributed by atoms with Crippen LogP contribution in [0.15, 0.2) is 23.1 Å². The van der Waals surface area contributed by atoms with E-state index in [2.05, 4.69) is 11.6 Å². The third-order valence-corrected chi connectivity index (χ3v) is 5.52. The zero-order valence-corrected chi connectivity index (χ0v) is 11.8. The standard InChI is InChI=1S/C11H17N3O2S2/c1-17-11(4-5-11)7-14-9-3-2-8(12)6-10(9)18(13,15)16/h2-3,6,14H,4-5,7,12H2,1H3,(H2,13,15,16). The third-order valence-electron chi connectivity index (χ3n) is 3.15. The summed E-state index contributed by atoms with van der Waals surface area (Å²) in [5.74, 6) is 0. The summed E-state index contributed by atoms with van der Waals surface area (Å²) in [7, 11) is -3.76. The van der Waals surface area contributed by atoms with Gasteiger partial charge >= 0.3 is 0 Å². The molecule has 1 saturated carbocycles. The fourth-order valence-corrected chi connectivity index (χ4v) is 3.24. The van der Waals surface area contributed by atoms with Crippen LogP contribution in [-0.2, 0) is 10.0 Å². The van der Waals surface area contributed by atoms with Crippen LogP contribution in [0.5, 0.6) is 0 Å². The predicted molar refractivity (Wildman–Crippen MR) is 76.2 cm³/mol. The first-order chi connectivity index (χ1) is 8.36. The summed E-state index contributed by atoms with van der Waals surface area (Å²) >= 11 is 1.81. The number of primary sulfonamides is 1. The Hall–Kier alpha value is -0.920. The van der Waals surface area contributed by atoms with Crippen molar-refractivity contribution < 1.29 is 8.42 Å². The highest BCUT2D eigenvalue weighted by atomic mass is 32.2. The van der Waals surface area contributed by atoms with Gasteiger partial charge in [-0.25, -0.2) is 13.6 Å². The van der Waals surface area contributed by atoms with Crippen LogP contribution in [0.1, 0.15) is 12.8 Å². The van der Waals surface area contributed by atoms with E-state index in [0.717, 1.165) is 19.4 Å². The van der Waals surface area contributed by atoms with Crippen molar-refractivity contribution in [2.24, 2.45) is 5.14 Å². The van der Waals surface area contributed by atoms with E-state index in [1.807, 2.05) is 0 Å². The topological polar surface area (TPSA) is 98.2 Å². The van der Waals surface area contributed by atoms with E-state index in [9.17, 15) is 8.42 Å². The number of rotatable bonds is 5. The highest BCUT2D eigenvalue weighted by molar-refractivity contribution is 8.00. The monoisotopic (exact) mass is 287 g/mol.